The maximum absolute atomic E-state index is 11.9. The van der Waals surface area contributed by atoms with Crippen LogP contribution in [0.2, 0.25) is 0 Å². The molecule has 1 aliphatic rings. The Balaban J connectivity index is 2.00. The molecule has 0 aromatic carbocycles. The maximum Gasteiger partial charge on any atom is 0.257 e. The van der Waals surface area contributed by atoms with Crippen molar-refractivity contribution < 1.29 is 8.42 Å². The fourth-order valence-electron chi connectivity index (χ4n) is 1.88. The quantitative estimate of drug-likeness (QED) is 0.815. The Labute approximate surface area is 95.7 Å². The standard InChI is InChI=1S/C10H17N3O2S/c1-3-4-8-5-9(8)13-16(14,15)10-6-11-7(2)12-10/h6,8-9,13H,3-5H2,1-2H3,(H,11,12). The highest BCUT2D eigenvalue weighted by Crippen LogP contribution is 2.35. The minimum atomic E-state index is -3.40. The van der Waals surface area contributed by atoms with Gasteiger partial charge in [-0.25, -0.2) is 18.1 Å². The van der Waals surface area contributed by atoms with Gasteiger partial charge in [-0.05, 0) is 25.7 Å². The van der Waals surface area contributed by atoms with Gasteiger partial charge in [0, 0.05) is 6.04 Å². The lowest BCUT2D eigenvalue weighted by molar-refractivity contribution is 0.570. The second kappa shape index (κ2) is 4.18. The molecule has 1 saturated carbocycles. The Kier molecular flexibility index (Phi) is 3.03. The molecule has 16 heavy (non-hydrogen) atoms. The molecule has 2 atom stereocenters. The molecule has 2 N–H and O–H groups in total. The SMILES string of the molecule is CCCC1CC1NS(=O)(=O)c1cnc(C)[nH]1. The summed E-state index contributed by atoms with van der Waals surface area (Å²) in [6.45, 7) is 3.85. The number of hydrogen-bond acceptors (Lipinski definition) is 3. The predicted molar refractivity (Wildman–Crippen MR) is 60.4 cm³/mol. The summed E-state index contributed by atoms with van der Waals surface area (Å²) in [7, 11) is -3.40. The second-order valence-corrected chi connectivity index (χ2v) is 6.03. The van der Waals surface area contributed by atoms with Crippen molar-refractivity contribution in [1.29, 1.82) is 0 Å². The number of rotatable bonds is 5. The van der Waals surface area contributed by atoms with E-state index in [4.69, 9.17) is 0 Å². The Bertz CT molecular complexity index is 466. The Morgan fingerprint density at radius 2 is 2.38 bits per heavy atom. The van der Waals surface area contributed by atoms with E-state index in [1.165, 1.54) is 6.20 Å². The van der Waals surface area contributed by atoms with Crippen LogP contribution in [-0.2, 0) is 10.0 Å². The number of hydrogen-bond donors (Lipinski definition) is 2. The molecule has 1 heterocycles. The van der Waals surface area contributed by atoms with Gasteiger partial charge in [0.25, 0.3) is 10.0 Å². The smallest absolute Gasteiger partial charge is 0.257 e. The third kappa shape index (κ3) is 2.44. The summed E-state index contributed by atoms with van der Waals surface area (Å²) in [6, 6.07) is 0.119. The highest BCUT2D eigenvalue weighted by atomic mass is 32.2. The molecule has 0 aliphatic heterocycles. The lowest BCUT2D eigenvalue weighted by atomic mass is 10.2. The summed E-state index contributed by atoms with van der Waals surface area (Å²) < 4.78 is 26.4. The van der Waals surface area contributed by atoms with Gasteiger partial charge in [-0.2, -0.15) is 0 Å². The Hall–Kier alpha value is -0.880. The van der Waals surface area contributed by atoms with Crippen molar-refractivity contribution in [2.75, 3.05) is 0 Å². The van der Waals surface area contributed by atoms with Crippen LogP contribution in [0.5, 0.6) is 0 Å². The molecule has 0 radical (unpaired) electrons. The van der Waals surface area contributed by atoms with E-state index in [9.17, 15) is 8.42 Å². The molecule has 1 aliphatic carbocycles. The van der Waals surface area contributed by atoms with Crippen molar-refractivity contribution in [3.8, 4) is 0 Å². The predicted octanol–water partition coefficient (Wildman–Crippen LogP) is 1.19. The summed E-state index contributed by atoms with van der Waals surface area (Å²) >= 11 is 0. The summed E-state index contributed by atoms with van der Waals surface area (Å²) in [4.78, 5) is 6.63. The fraction of sp³-hybridized carbons (Fsp3) is 0.700. The van der Waals surface area contributed by atoms with Crippen molar-refractivity contribution in [2.45, 2.75) is 44.2 Å². The molecule has 1 aromatic heterocycles. The van der Waals surface area contributed by atoms with E-state index in [1.54, 1.807) is 6.92 Å². The summed E-state index contributed by atoms with van der Waals surface area (Å²) in [6.07, 6.45) is 4.51. The van der Waals surface area contributed by atoms with Gasteiger partial charge in [0.05, 0.1) is 6.20 Å². The lowest BCUT2D eigenvalue weighted by Crippen LogP contribution is -2.27. The topological polar surface area (TPSA) is 74.8 Å². The maximum atomic E-state index is 11.9. The molecule has 0 spiro atoms. The molecule has 0 saturated heterocycles. The first kappa shape index (κ1) is 11.6. The minimum Gasteiger partial charge on any atom is -0.332 e. The van der Waals surface area contributed by atoms with Crippen LogP contribution in [0.1, 0.15) is 32.0 Å². The molecule has 2 unspecified atom stereocenters. The van der Waals surface area contributed by atoms with Gasteiger partial charge in [0.1, 0.15) is 5.82 Å². The first-order chi connectivity index (χ1) is 7.53. The zero-order chi connectivity index (χ0) is 11.8. The first-order valence-corrected chi connectivity index (χ1v) is 7.05. The van der Waals surface area contributed by atoms with Gasteiger partial charge in [-0.3, -0.25) is 0 Å². The van der Waals surface area contributed by atoms with Crippen molar-refractivity contribution >= 4 is 10.0 Å². The average molecular weight is 243 g/mol. The number of aromatic amines is 1. The highest BCUT2D eigenvalue weighted by molar-refractivity contribution is 7.89. The molecule has 6 heteroatoms. The van der Waals surface area contributed by atoms with E-state index in [0.717, 1.165) is 19.3 Å². The van der Waals surface area contributed by atoms with Crippen LogP contribution >= 0.6 is 0 Å². The summed E-state index contributed by atoms with van der Waals surface area (Å²) in [5, 5.41) is 0.159. The van der Waals surface area contributed by atoms with Gasteiger partial charge in [-0.15, -0.1) is 0 Å². The number of nitrogens with zero attached hydrogens (tertiary/aromatic N) is 1. The fourth-order valence-corrected chi connectivity index (χ4v) is 3.17. The van der Waals surface area contributed by atoms with Crippen LogP contribution < -0.4 is 4.72 Å². The van der Waals surface area contributed by atoms with Crippen molar-refractivity contribution in [2.24, 2.45) is 5.92 Å². The molecule has 0 amide bonds. The van der Waals surface area contributed by atoms with Gasteiger partial charge < -0.3 is 4.98 Å². The minimum absolute atomic E-state index is 0.119. The molecule has 1 aromatic rings. The molecule has 2 rings (SSSR count). The number of aromatic nitrogens is 2. The van der Waals surface area contributed by atoms with Crippen LogP contribution in [0.3, 0.4) is 0 Å². The Morgan fingerprint density at radius 3 is 2.94 bits per heavy atom. The van der Waals surface area contributed by atoms with E-state index in [2.05, 4.69) is 21.6 Å². The van der Waals surface area contributed by atoms with Crippen LogP contribution in [0.15, 0.2) is 11.2 Å². The van der Waals surface area contributed by atoms with Crippen molar-refractivity contribution in [1.82, 2.24) is 14.7 Å². The van der Waals surface area contributed by atoms with Crippen molar-refractivity contribution in [3.63, 3.8) is 0 Å². The van der Waals surface area contributed by atoms with E-state index in [-0.39, 0.29) is 11.1 Å². The normalized spacial score (nSPS) is 24.6. The summed E-state index contributed by atoms with van der Waals surface area (Å²) in [5.41, 5.74) is 0. The number of imidazole rings is 1. The number of H-pyrrole nitrogens is 1. The van der Waals surface area contributed by atoms with Gasteiger partial charge in [0.15, 0.2) is 5.03 Å². The number of sulfonamides is 1. The zero-order valence-corrected chi connectivity index (χ0v) is 10.3. The van der Waals surface area contributed by atoms with Crippen LogP contribution in [0.4, 0.5) is 0 Å². The van der Waals surface area contributed by atoms with Gasteiger partial charge in [-0.1, -0.05) is 13.3 Å². The van der Waals surface area contributed by atoms with E-state index >= 15 is 0 Å². The molecular weight excluding hydrogens is 226 g/mol. The second-order valence-electron chi connectivity index (χ2n) is 4.35. The van der Waals surface area contributed by atoms with Crippen molar-refractivity contribution in [3.05, 3.63) is 12.0 Å². The molecule has 0 bridgehead atoms. The zero-order valence-electron chi connectivity index (χ0n) is 9.53. The monoisotopic (exact) mass is 243 g/mol. The summed E-state index contributed by atoms with van der Waals surface area (Å²) in [5.74, 6) is 1.13. The molecule has 1 fully saturated rings. The number of nitrogens with one attached hydrogen (secondary N) is 2. The van der Waals surface area contributed by atoms with Crippen LogP contribution in [0.25, 0.3) is 0 Å². The highest BCUT2D eigenvalue weighted by Gasteiger charge is 2.39. The molecule has 90 valence electrons. The average Bonchev–Trinajstić information content (AvgIpc) is 2.75. The lowest BCUT2D eigenvalue weighted by Gasteiger charge is -2.03. The first-order valence-electron chi connectivity index (χ1n) is 5.57. The van der Waals surface area contributed by atoms with E-state index in [1.807, 2.05) is 0 Å². The largest absolute Gasteiger partial charge is 0.332 e. The van der Waals surface area contributed by atoms with Crippen LogP contribution in [-0.4, -0.2) is 24.4 Å². The third-order valence-electron chi connectivity index (χ3n) is 2.86. The molecular formula is C10H17N3O2S. The Morgan fingerprint density at radius 1 is 1.62 bits per heavy atom. The van der Waals surface area contributed by atoms with Crippen LogP contribution in [0, 0.1) is 12.8 Å². The number of aryl methyl sites for hydroxylation is 1. The van der Waals surface area contributed by atoms with Gasteiger partial charge in [0.2, 0.25) is 0 Å². The van der Waals surface area contributed by atoms with Gasteiger partial charge >= 0.3 is 0 Å². The molecule has 5 nitrogen and oxygen atoms in total. The van der Waals surface area contributed by atoms with E-state index in [0.29, 0.717) is 11.7 Å². The van der Waals surface area contributed by atoms with E-state index < -0.39 is 10.0 Å². The third-order valence-corrected chi connectivity index (χ3v) is 4.26.